The first-order valence-corrected chi connectivity index (χ1v) is 6.48. The molecule has 0 aliphatic heterocycles. The standard InChI is InChI=1S/C12H17IN2O2/c1-14-7-8-15(2)12(16)9-17-11-5-3-10(13)4-6-11/h3-6,14H,7-9H2,1-2H3. The molecule has 0 saturated carbocycles. The van der Waals surface area contributed by atoms with Gasteiger partial charge in [-0.1, -0.05) is 0 Å². The number of nitrogens with one attached hydrogen (secondary N) is 1. The average Bonchev–Trinajstić information content (AvgIpc) is 2.34. The van der Waals surface area contributed by atoms with E-state index in [4.69, 9.17) is 4.74 Å². The highest BCUT2D eigenvalue weighted by Gasteiger charge is 2.08. The Morgan fingerprint density at radius 2 is 2.06 bits per heavy atom. The second-order valence-corrected chi connectivity index (χ2v) is 4.91. The summed E-state index contributed by atoms with van der Waals surface area (Å²) in [5.74, 6) is 0.708. The quantitative estimate of drug-likeness (QED) is 0.790. The molecule has 0 spiro atoms. The van der Waals surface area contributed by atoms with Gasteiger partial charge in [-0.15, -0.1) is 0 Å². The van der Waals surface area contributed by atoms with Crippen molar-refractivity contribution in [3.63, 3.8) is 0 Å². The van der Waals surface area contributed by atoms with Crippen LogP contribution in [0.3, 0.4) is 0 Å². The Kier molecular flexibility index (Phi) is 6.28. The molecule has 4 nitrogen and oxygen atoms in total. The minimum atomic E-state index is -0.0150. The molecule has 0 bridgehead atoms. The predicted octanol–water partition coefficient (Wildman–Crippen LogP) is 1.35. The first kappa shape index (κ1) is 14.2. The summed E-state index contributed by atoms with van der Waals surface area (Å²) in [5, 5.41) is 3.00. The van der Waals surface area contributed by atoms with Crippen LogP contribution in [-0.4, -0.2) is 44.6 Å². The van der Waals surface area contributed by atoms with Gasteiger partial charge in [0.2, 0.25) is 0 Å². The van der Waals surface area contributed by atoms with Crippen LogP contribution in [0.2, 0.25) is 0 Å². The van der Waals surface area contributed by atoms with Crippen LogP contribution in [0.25, 0.3) is 0 Å². The molecule has 1 aromatic carbocycles. The molecule has 17 heavy (non-hydrogen) atoms. The van der Waals surface area contributed by atoms with Gasteiger partial charge in [-0.25, -0.2) is 0 Å². The molecule has 1 amide bonds. The van der Waals surface area contributed by atoms with Gasteiger partial charge < -0.3 is 15.0 Å². The Balaban J connectivity index is 2.34. The Morgan fingerprint density at radius 1 is 1.41 bits per heavy atom. The second-order valence-electron chi connectivity index (χ2n) is 3.66. The van der Waals surface area contributed by atoms with Crippen molar-refractivity contribution in [3.05, 3.63) is 27.8 Å². The van der Waals surface area contributed by atoms with Crippen LogP contribution >= 0.6 is 22.6 Å². The first-order valence-electron chi connectivity index (χ1n) is 5.40. The minimum absolute atomic E-state index is 0.0150. The van der Waals surface area contributed by atoms with E-state index in [1.165, 1.54) is 0 Å². The molecule has 0 atom stereocenters. The third kappa shape index (κ3) is 5.36. The van der Waals surface area contributed by atoms with Crippen molar-refractivity contribution in [1.82, 2.24) is 10.2 Å². The summed E-state index contributed by atoms with van der Waals surface area (Å²) in [6.07, 6.45) is 0. The number of ether oxygens (including phenoxy) is 1. The number of hydrogen-bond acceptors (Lipinski definition) is 3. The highest BCUT2D eigenvalue weighted by molar-refractivity contribution is 14.1. The van der Waals surface area contributed by atoms with Crippen molar-refractivity contribution in [3.8, 4) is 5.75 Å². The smallest absolute Gasteiger partial charge is 0.260 e. The van der Waals surface area contributed by atoms with E-state index in [9.17, 15) is 4.79 Å². The molecular weight excluding hydrogens is 331 g/mol. The zero-order chi connectivity index (χ0) is 12.7. The maximum Gasteiger partial charge on any atom is 0.260 e. The Labute approximate surface area is 115 Å². The van der Waals surface area contributed by atoms with E-state index in [-0.39, 0.29) is 12.5 Å². The highest BCUT2D eigenvalue weighted by atomic mass is 127. The number of benzene rings is 1. The summed E-state index contributed by atoms with van der Waals surface area (Å²) >= 11 is 2.23. The number of hydrogen-bond donors (Lipinski definition) is 1. The van der Waals surface area contributed by atoms with Crippen molar-refractivity contribution in [2.45, 2.75) is 0 Å². The molecular formula is C12H17IN2O2. The third-order valence-corrected chi connectivity index (χ3v) is 3.02. The molecule has 0 aromatic heterocycles. The third-order valence-electron chi connectivity index (χ3n) is 2.30. The van der Waals surface area contributed by atoms with Gasteiger partial charge in [-0.2, -0.15) is 0 Å². The number of rotatable bonds is 6. The van der Waals surface area contributed by atoms with Gasteiger partial charge in [0.05, 0.1) is 0 Å². The summed E-state index contributed by atoms with van der Waals surface area (Å²) in [6.45, 7) is 1.55. The topological polar surface area (TPSA) is 41.6 Å². The van der Waals surface area contributed by atoms with Gasteiger partial charge >= 0.3 is 0 Å². The van der Waals surface area contributed by atoms with Crippen LogP contribution in [0.1, 0.15) is 0 Å². The summed E-state index contributed by atoms with van der Waals surface area (Å²) in [6, 6.07) is 7.63. The molecule has 1 N–H and O–H groups in total. The van der Waals surface area contributed by atoms with E-state index in [0.29, 0.717) is 6.54 Å². The molecule has 0 fully saturated rings. The number of carbonyl (C=O) groups is 1. The van der Waals surface area contributed by atoms with Crippen molar-refractivity contribution in [1.29, 1.82) is 0 Å². The lowest BCUT2D eigenvalue weighted by molar-refractivity contribution is -0.131. The second kappa shape index (κ2) is 7.50. The molecule has 0 radical (unpaired) electrons. The van der Waals surface area contributed by atoms with Crippen molar-refractivity contribution in [2.75, 3.05) is 33.8 Å². The van der Waals surface area contributed by atoms with Gasteiger partial charge in [0.1, 0.15) is 5.75 Å². The summed E-state index contributed by atoms with van der Waals surface area (Å²) in [4.78, 5) is 13.3. The lowest BCUT2D eigenvalue weighted by atomic mass is 10.3. The molecule has 0 heterocycles. The average molecular weight is 348 g/mol. The fourth-order valence-electron chi connectivity index (χ4n) is 1.19. The molecule has 1 rings (SSSR count). The maximum absolute atomic E-state index is 11.7. The molecule has 0 unspecified atom stereocenters. The number of likely N-dealkylation sites (N-methyl/N-ethyl adjacent to an activating group) is 2. The highest BCUT2D eigenvalue weighted by Crippen LogP contribution is 2.13. The normalized spacial score (nSPS) is 10.1. The van der Waals surface area contributed by atoms with Gasteiger partial charge in [0.15, 0.2) is 6.61 Å². The number of halogens is 1. The Bertz CT molecular complexity index is 354. The van der Waals surface area contributed by atoms with Crippen LogP contribution in [0.5, 0.6) is 5.75 Å². The van der Waals surface area contributed by atoms with Crippen LogP contribution < -0.4 is 10.1 Å². The predicted molar refractivity (Wildman–Crippen MR) is 76.2 cm³/mol. The zero-order valence-electron chi connectivity index (χ0n) is 10.1. The number of carbonyl (C=O) groups excluding carboxylic acids is 1. The fraction of sp³-hybridized carbons (Fsp3) is 0.417. The SMILES string of the molecule is CNCCN(C)C(=O)COc1ccc(I)cc1. The van der Waals surface area contributed by atoms with Crippen LogP contribution in [0.4, 0.5) is 0 Å². The molecule has 94 valence electrons. The van der Waals surface area contributed by atoms with Crippen LogP contribution in [0.15, 0.2) is 24.3 Å². The fourth-order valence-corrected chi connectivity index (χ4v) is 1.55. The first-order chi connectivity index (χ1) is 8.13. The monoisotopic (exact) mass is 348 g/mol. The van der Waals surface area contributed by atoms with Gasteiger partial charge in [-0.3, -0.25) is 4.79 Å². The van der Waals surface area contributed by atoms with E-state index in [1.54, 1.807) is 11.9 Å². The van der Waals surface area contributed by atoms with E-state index in [0.717, 1.165) is 15.9 Å². The van der Waals surface area contributed by atoms with Crippen molar-refractivity contribution in [2.24, 2.45) is 0 Å². The van der Waals surface area contributed by atoms with Gasteiger partial charge in [0, 0.05) is 23.7 Å². The lowest BCUT2D eigenvalue weighted by Gasteiger charge is -2.17. The largest absolute Gasteiger partial charge is 0.484 e. The van der Waals surface area contributed by atoms with Gasteiger partial charge in [0.25, 0.3) is 5.91 Å². The maximum atomic E-state index is 11.7. The molecule has 0 aliphatic carbocycles. The van der Waals surface area contributed by atoms with Crippen molar-refractivity contribution >= 4 is 28.5 Å². The van der Waals surface area contributed by atoms with Crippen LogP contribution in [-0.2, 0) is 4.79 Å². The lowest BCUT2D eigenvalue weighted by Crippen LogP contribution is -2.35. The summed E-state index contributed by atoms with van der Waals surface area (Å²) in [7, 11) is 3.64. The summed E-state index contributed by atoms with van der Waals surface area (Å²) in [5.41, 5.74) is 0. The van der Waals surface area contributed by atoms with E-state index < -0.39 is 0 Å². The number of amides is 1. The number of nitrogens with zero attached hydrogens (tertiary/aromatic N) is 1. The van der Waals surface area contributed by atoms with E-state index in [2.05, 4.69) is 27.9 Å². The summed E-state index contributed by atoms with van der Waals surface area (Å²) < 4.78 is 6.55. The zero-order valence-corrected chi connectivity index (χ0v) is 12.2. The van der Waals surface area contributed by atoms with Crippen molar-refractivity contribution < 1.29 is 9.53 Å². The molecule has 0 saturated heterocycles. The van der Waals surface area contributed by atoms with E-state index in [1.807, 2.05) is 31.3 Å². The molecule has 0 aliphatic rings. The molecule has 1 aromatic rings. The van der Waals surface area contributed by atoms with Crippen LogP contribution in [0, 0.1) is 3.57 Å². The Hall–Kier alpha value is -0.820. The molecule has 5 heteroatoms. The van der Waals surface area contributed by atoms with Gasteiger partial charge in [-0.05, 0) is 53.9 Å². The Morgan fingerprint density at radius 3 is 2.65 bits per heavy atom. The minimum Gasteiger partial charge on any atom is -0.484 e. The van der Waals surface area contributed by atoms with E-state index >= 15 is 0 Å².